The number of hydrogen-bond acceptors (Lipinski definition) is 4. The van der Waals surface area contributed by atoms with Gasteiger partial charge in [-0.05, 0) is 45.6 Å². The molecule has 0 aliphatic carbocycles. The van der Waals surface area contributed by atoms with Crippen molar-refractivity contribution < 1.29 is 14.4 Å². The molecule has 5 atom stereocenters. The zero-order valence-electron chi connectivity index (χ0n) is 24.5. The molecule has 0 N–H and O–H groups in total. The van der Waals surface area contributed by atoms with Crippen molar-refractivity contribution in [3.05, 3.63) is 35.9 Å². The summed E-state index contributed by atoms with van der Waals surface area (Å²) in [5, 5.41) is 2.27. The van der Waals surface area contributed by atoms with Crippen molar-refractivity contribution in [1.29, 1.82) is 0 Å². The summed E-state index contributed by atoms with van der Waals surface area (Å²) in [6, 6.07) is 10.4. The molecule has 1 aromatic carbocycles. The molecule has 0 bridgehead atoms. The molecule has 1 saturated heterocycles. The minimum atomic E-state index is -0.227. The standard InChI is InChI=1S/C32H55NO3/c1-8-11-12-13-14-15-16-17-21-24-30(34)35-29-25-31(6,9-2)33(32(7,10-3)26(29)4)36-27(5)28-22-19-18-20-23-28/h18-20,22-23,26-27,29H,8-17,21,24-25H2,1-7H3. The Hall–Kier alpha value is -1.39. The number of ether oxygens (including phenoxy) is 1. The summed E-state index contributed by atoms with van der Waals surface area (Å²) in [5.41, 5.74) is 0.745. The zero-order valence-corrected chi connectivity index (χ0v) is 24.5. The van der Waals surface area contributed by atoms with E-state index in [0.717, 1.165) is 32.1 Å². The van der Waals surface area contributed by atoms with E-state index < -0.39 is 0 Å². The third kappa shape index (κ3) is 8.31. The maximum absolute atomic E-state index is 12.8. The molecule has 0 saturated carbocycles. The van der Waals surface area contributed by atoms with Gasteiger partial charge in [0.1, 0.15) is 12.2 Å². The number of unbranched alkanes of at least 4 members (excludes halogenated alkanes) is 8. The van der Waals surface area contributed by atoms with E-state index >= 15 is 0 Å². The average Bonchev–Trinajstić information content (AvgIpc) is 2.89. The molecule has 1 heterocycles. The molecule has 1 aliphatic rings. The summed E-state index contributed by atoms with van der Waals surface area (Å²) < 4.78 is 6.19. The quantitative estimate of drug-likeness (QED) is 0.167. The van der Waals surface area contributed by atoms with Gasteiger partial charge >= 0.3 is 5.97 Å². The molecule has 5 unspecified atom stereocenters. The topological polar surface area (TPSA) is 38.8 Å². The minimum Gasteiger partial charge on any atom is -0.462 e. The maximum atomic E-state index is 12.8. The SMILES string of the molecule is CCCCCCCCCCCC(=O)OC1CC(C)(CC)N(OC(C)c2ccccc2)C(C)(CC)C1C. The van der Waals surface area contributed by atoms with Crippen molar-refractivity contribution in [2.75, 3.05) is 0 Å². The van der Waals surface area contributed by atoms with Gasteiger partial charge in [-0.1, -0.05) is 109 Å². The highest BCUT2D eigenvalue weighted by Gasteiger charge is 2.55. The van der Waals surface area contributed by atoms with Crippen LogP contribution in [0.15, 0.2) is 30.3 Å². The van der Waals surface area contributed by atoms with Gasteiger partial charge in [0.05, 0.1) is 0 Å². The van der Waals surface area contributed by atoms with Crippen LogP contribution in [0.4, 0.5) is 0 Å². The third-order valence-corrected chi connectivity index (χ3v) is 8.91. The van der Waals surface area contributed by atoms with Crippen LogP contribution in [-0.2, 0) is 14.4 Å². The summed E-state index contributed by atoms with van der Waals surface area (Å²) in [4.78, 5) is 19.6. The van der Waals surface area contributed by atoms with Crippen LogP contribution in [0.2, 0.25) is 0 Å². The number of nitrogens with zero attached hydrogens (tertiary/aromatic N) is 1. The van der Waals surface area contributed by atoms with Gasteiger partial charge in [0, 0.05) is 29.8 Å². The van der Waals surface area contributed by atoms with E-state index in [-0.39, 0.29) is 35.2 Å². The van der Waals surface area contributed by atoms with Crippen LogP contribution in [0.3, 0.4) is 0 Å². The Bertz CT molecular complexity index is 753. The number of esters is 1. The Labute approximate surface area is 222 Å². The highest BCUT2D eigenvalue weighted by Crippen LogP contribution is 2.48. The first kappa shape index (κ1) is 30.8. The number of hydroxylamine groups is 2. The van der Waals surface area contributed by atoms with Crippen LogP contribution in [0.25, 0.3) is 0 Å². The van der Waals surface area contributed by atoms with Gasteiger partial charge in [-0.15, -0.1) is 0 Å². The van der Waals surface area contributed by atoms with E-state index in [9.17, 15) is 4.79 Å². The largest absolute Gasteiger partial charge is 0.462 e. The molecule has 36 heavy (non-hydrogen) atoms. The highest BCUT2D eigenvalue weighted by molar-refractivity contribution is 5.69. The molecule has 1 aromatic rings. The van der Waals surface area contributed by atoms with E-state index in [0.29, 0.717) is 6.42 Å². The second-order valence-electron chi connectivity index (χ2n) is 11.6. The number of hydrogen-bond donors (Lipinski definition) is 0. The smallest absolute Gasteiger partial charge is 0.306 e. The van der Waals surface area contributed by atoms with Crippen LogP contribution < -0.4 is 0 Å². The second kappa shape index (κ2) is 15.1. The van der Waals surface area contributed by atoms with Gasteiger partial charge in [0.25, 0.3) is 0 Å². The predicted octanol–water partition coefficient (Wildman–Crippen LogP) is 9.19. The first-order chi connectivity index (χ1) is 17.2. The van der Waals surface area contributed by atoms with E-state index in [2.05, 4.69) is 77.8 Å². The lowest BCUT2D eigenvalue weighted by Gasteiger charge is -2.59. The Morgan fingerprint density at radius 2 is 1.53 bits per heavy atom. The molecule has 0 amide bonds. The molecule has 2 rings (SSSR count). The molecular formula is C32H55NO3. The highest BCUT2D eigenvalue weighted by atomic mass is 16.7. The van der Waals surface area contributed by atoms with Gasteiger partial charge in [0.2, 0.25) is 0 Å². The fourth-order valence-electron chi connectivity index (χ4n) is 5.79. The Morgan fingerprint density at radius 3 is 2.08 bits per heavy atom. The fraction of sp³-hybridized carbons (Fsp3) is 0.781. The van der Waals surface area contributed by atoms with Gasteiger partial charge in [0.15, 0.2) is 0 Å². The Balaban J connectivity index is 1.94. The van der Waals surface area contributed by atoms with Crippen molar-refractivity contribution >= 4 is 5.97 Å². The molecule has 1 fully saturated rings. The number of benzene rings is 1. The lowest BCUT2D eigenvalue weighted by Crippen LogP contribution is -2.68. The van der Waals surface area contributed by atoms with Crippen LogP contribution in [0, 0.1) is 5.92 Å². The molecule has 206 valence electrons. The second-order valence-corrected chi connectivity index (χ2v) is 11.6. The van der Waals surface area contributed by atoms with Crippen molar-refractivity contribution in [3.63, 3.8) is 0 Å². The molecule has 4 heteroatoms. The summed E-state index contributed by atoms with van der Waals surface area (Å²) in [6.07, 6.45) is 14.4. The third-order valence-electron chi connectivity index (χ3n) is 8.91. The molecular weight excluding hydrogens is 446 g/mol. The lowest BCUT2D eigenvalue weighted by molar-refractivity contribution is -0.336. The maximum Gasteiger partial charge on any atom is 0.306 e. The van der Waals surface area contributed by atoms with Crippen molar-refractivity contribution in [2.24, 2.45) is 5.92 Å². The van der Waals surface area contributed by atoms with Gasteiger partial charge in [-0.2, -0.15) is 5.06 Å². The number of piperidine rings is 1. The average molecular weight is 502 g/mol. The molecule has 0 radical (unpaired) electrons. The van der Waals surface area contributed by atoms with Crippen LogP contribution in [0.1, 0.15) is 144 Å². The van der Waals surface area contributed by atoms with E-state index in [1.54, 1.807) is 0 Å². The number of carbonyl (C=O) groups is 1. The Morgan fingerprint density at radius 1 is 0.944 bits per heavy atom. The monoisotopic (exact) mass is 501 g/mol. The van der Waals surface area contributed by atoms with E-state index in [4.69, 9.17) is 9.57 Å². The Kier molecular flexibility index (Phi) is 13.0. The predicted molar refractivity (Wildman–Crippen MR) is 151 cm³/mol. The summed E-state index contributed by atoms with van der Waals surface area (Å²) in [6.45, 7) is 15.6. The number of carbonyl (C=O) groups excluding carboxylic acids is 1. The van der Waals surface area contributed by atoms with Crippen LogP contribution in [0.5, 0.6) is 0 Å². The molecule has 1 aliphatic heterocycles. The summed E-state index contributed by atoms with van der Waals surface area (Å²) >= 11 is 0. The summed E-state index contributed by atoms with van der Waals surface area (Å²) in [5.74, 6) is 0.149. The normalized spacial score (nSPS) is 27.6. The molecule has 0 aromatic heterocycles. The van der Waals surface area contributed by atoms with Gasteiger partial charge in [-0.25, -0.2) is 0 Å². The van der Waals surface area contributed by atoms with E-state index in [1.165, 1.54) is 50.5 Å². The lowest BCUT2D eigenvalue weighted by atomic mass is 9.69. The number of rotatable bonds is 16. The molecule has 0 spiro atoms. The van der Waals surface area contributed by atoms with Gasteiger partial charge < -0.3 is 4.74 Å². The van der Waals surface area contributed by atoms with Crippen molar-refractivity contribution in [2.45, 2.75) is 155 Å². The van der Waals surface area contributed by atoms with Crippen LogP contribution >= 0.6 is 0 Å². The van der Waals surface area contributed by atoms with Gasteiger partial charge in [-0.3, -0.25) is 9.63 Å². The minimum absolute atomic E-state index is 0.0290. The molecule has 4 nitrogen and oxygen atoms in total. The van der Waals surface area contributed by atoms with Crippen LogP contribution in [-0.4, -0.2) is 28.2 Å². The zero-order chi connectivity index (χ0) is 26.6. The first-order valence-electron chi connectivity index (χ1n) is 14.9. The fourth-order valence-corrected chi connectivity index (χ4v) is 5.79. The van der Waals surface area contributed by atoms with Crippen molar-refractivity contribution in [1.82, 2.24) is 5.06 Å². The van der Waals surface area contributed by atoms with E-state index in [1.807, 2.05) is 6.07 Å². The van der Waals surface area contributed by atoms with Crippen molar-refractivity contribution in [3.8, 4) is 0 Å². The first-order valence-corrected chi connectivity index (χ1v) is 14.9. The summed E-state index contributed by atoms with van der Waals surface area (Å²) in [7, 11) is 0.